The number of anilines is 1. The Hall–Kier alpha value is -0.320. The third-order valence-corrected chi connectivity index (χ3v) is 3.67. The van der Waals surface area contributed by atoms with Gasteiger partial charge in [0.25, 0.3) is 0 Å². The topological polar surface area (TPSA) is 50.9 Å². The smallest absolute Gasteiger partial charge is 0.152 e. The highest BCUT2D eigenvalue weighted by Gasteiger charge is 2.19. The van der Waals surface area contributed by atoms with Gasteiger partial charge in [0.2, 0.25) is 0 Å². The third-order valence-electron chi connectivity index (χ3n) is 2.94. The molecule has 1 heterocycles. The lowest BCUT2D eigenvalue weighted by atomic mass is 9.92. The van der Waals surface area contributed by atoms with E-state index in [9.17, 15) is 0 Å². The van der Waals surface area contributed by atoms with E-state index in [4.69, 9.17) is 17.3 Å². The van der Waals surface area contributed by atoms with Crippen LogP contribution in [0.2, 0.25) is 5.15 Å². The van der Waals surface area contributed by atoms with E-state index in [0.717, 1.165) is 35.8 Å². The predicted molar refractivity (Wildman–Crippen MR) is 70.8 cm³/mol. The lowest BCUT2D eigenvalue weighted by molar-refractivity contribution is 0.411. The van der Waals surface area contributed by atoms with Gasteiger partial charge >= 0.3 is 0 Å². The number of nitrogens with zero attached hydrogens (tertiary/aromatic N) is 1. The minimum absolute atomic E-state index is 0.370. The molecule has 1 aliphatic carbocycles. The second-order valence-corrected chi connectivity index (χ2v) is 5.52. The molecule has 1 aromatic heterocycles. The Morgan fingerprint density at radius 2 is 2.06 bits per heavy atom. The van der Waals surface area contributed by atoms with Crippen LogP contribution in [0.4, 0.5) is 5.69 Å². The molecule has 0 amide bonds. The van der Waals surface area contributed by atoms with Gasteiger partial charge in [-0.2, -0.15) is 0 Å². The molecule has 1 aromatic rings. The van der Waals surface area contributed by atoms with Crippen molar-refractivity contribution in [3.63, 3.8) is 0 Å². The molecule has 0 aliphatic heterocycles. The second-order valence-electron chi connectivity index (χ2n) is 4.25. The highest BCUT2D eigenvalue weighted by Crippen LogP contribution is 2.27. The van der Waals surface area contributed by atoms with Crippen molar-refractivity contribution in [2.75, 3.05) is 5.32 Å². The van der Waals surface area contributed by atoms with Crippen LogP contribution in [-0.4, -0.2) is 17.1 Å². The summed E-state index contributed by atoms with van der Waals surface area (Å²) >= 11 is 9.41. The first kappa shape index (κ1) is 12.1. The van der Waals surface area contributed by atoms with Gasteiger partial charge in [-0.1, -0.05) is 11.6 Å². The SMILES string of the molecule is NC1CCC(Nc2cc(Br)cnc2Cl)CC1. The lowest BCUT2D eigenvalue weighted by Crippen LogP contribution is -2.32. The van der Waals surface area contributed by atoms with Crippen LogP contribution in [0, 0.1) is 0 Å². The van der Waals surface area contributed by atoms with E-state index in [-0.39, 0.29) is 0 Å². The Balaban J connectivity index is 2.00. The van der Waals surface area contributed by atoms with Crippen molar-refractivity contribution in [3.05, 3.63) is 21.9 Å². The summed E-state index contributed by atoms with van der Waals surface area (Å²) < 4.78 is 0.937. The van der Waals surface area contributed by atoms with Crippen molar-refractivity contribution >= 4 is 33.2 Å². The van der Waals surface area contributed by atoms with Crippen LogP contribution in [0.15, 0.2) is 16.7 Å². The van der Waals surface area contributed by atoms with Crippen LogP contribution in [-0.2, 0) is 0 Å². The largest absolute Gasteiger partial charge is 0.380 e. The van der Waals surface area contributed by atoms with Crippen molar-refractivity contribution in [2.45, 2.75) is 37.8 Å². The van der Waals surface area contributed by atoms with Gasteiger partial charge in [-0.15, -0.1) is 0 Å². The number of rotatable bonds is 2. The predicted octanol–water partition coefficient (Wildman–Crippen LogP) is 3.18. The van der Waals surface area contributed by atoms with Gasteiger partial charge < -0.3 is 11.1 Å². The van der Waals surface area contributed by atoms with Crippen molar-refractivity contribution in [2.24, 2.45) is 5.73 Å². The first-order valence-electron chi connectivity index (χ1n) is 5.48. The first-order chi connectivity index (χ1) is 7.65. The Morgan fingerprint density at radius 3 is 2.75 bits per heavy atom. The molecule has 2 rings (SSSR count). The molecule has 0 unspecified atom stereocenters. The zero-order valence-corrected chi connectivity index (χ0v) is 11.3. The first-order valence-corrected chi connectivity index (χ1v) is 6.65. The van der Waals surface area contributed by atoms with Crippen molar-refractivity contribution in [3.8, 4) is 0 Å². The fourth-order valence-electron chi connectivity index (χ4n) is 2.01. The fourth-order valence-corrected chi connectivity index (χ4v) is 2.50. The zero-order valence-electron chi connectivity index (χ0n) is 8.92. The number of nitrogens with one attached hydrogen (secondary N) is 1. The zero-order chi connectivity index (χ0) is 11.5. The van der Waals surface area contributed by atoms with Crippen LogP contribution in [0.5, 0.6) is 0 Å². The number of hydrogen-bond donors (Lipinski definition) is 2. The summed E-state index contributed by atoms with van der Waals surface area (Å²) in [6, 6.07) is 2.80. The van der Waals surface area contributed by atoms with Gasteiger partial charge in [0.15, 0.2) is 5.15 Å². The molecule has 0 atom stereocenters. The van der Waals surface area contributed by atoms with Gasteiger partial charge in [0.05, 0.1) is 5.69 Å². The van der Waals surface area contributed by atoms with E-state index < -0.39 is 0 Å². The summed E-state index contributed by atoms with van der Waals surface area (Å²) in [4.78, 5) is 4.09. The van der Waals surface area contributed by atoms with Gasteiger partial charge in [0, 0.05) is 22.8 Å². The summed E-state index contributed by atoms with van der Waals surface area (Å²) in [7, 11) is 0. The highest BCUT2D eigenvalue weighted by atomic mass is 79.9. The summed E-state index contributed by atoms with van der Waals surface area (Å²) in [5.41, 5.74) is 6.77. The van der Waals surface area contributed by atoms with E-state index in [1.54, 1.807) is 6.20 Å². The normalized spacial score (nSPS) is 25.4. The van der Waals surface area contributed by atoms with Crippen LogP contribution < -0.4 is 11.1 Å². The van der Waals surface area contributed by atoms with Crippen LogP contribution in [0.25, 0.3) is 0 Å². The molecule has 0 aromatic carbocycles. The Bertz CT molecular complexity index is 364. The van der Waals surface area contributed by atoms with E-state index in [1.165, 1.54) is 0 Å². The number of aromatic nitrogens is 1. The van der Waals surface area contributed by atoms with Crippen molar-refractivity contribution < 1.29 is 0 Å². The summed E-state index contributed by atoms with van der Waals surface area (Å²) in [6.45, 7) is 0. The third kappa shape index (κ3) is 3.09. The molecule has 3 N–H and O–H groups in total. The monoisotopic (exact) mass is 303 g/mol. The Kier molecular flexibility index (Phi) is 4.05. The van der Waals surface area contributed by atoms with E-state index in [0.29, 0.717) is 17.2 Å². The summed E-state index contributed by atoms with van der Waals surface area (Å²) in [6.07, 6.45) is 6.06. The molecule has 0 saturated heterocycles. The molecule has 1 aliphatic rings. The number of nitrogens with two attached hydrogens (primary N) is 1. The van der Waals surface area contributed by atoms with Gasteiger partial charge in [-0.05, 0) is 47.7 Å². The Morgan fingerprint density at radius 1 is 1.38 bits per heavy atom. The van der Waals surface area contributed by atoms with Gasteiger partial charge in [0.1, 0.15) is 0 Å². The molecule has 0 bridgehead atoms. The molecule has 16 heavy (non-hydrogen) atoms. The number of halogens is 2. The summed E-state index contributed by atoms with van der Waals surface area (Å²) in [5, 5.41) is 3.96. The van der Waals surface area contributed by atoms with E-state index >= 15 is 0 Å². The lowest BCUT2D eigenvalue weighted by Gasteiger charge is -2.27. The standard InChI is InChI=1S/C11H15BrClN3/c12-7-5-10(11(13)15-6-7)16-9-3-1-8(14)2-4-9/h5-6,8-9,16H,1-4,14H2. The average molecular weight is 305 g/mol. The minimum atomic E-state index is 0.370. The van der Waals surface area contributed by atoms with Crippen LogP contribution in [0.3, 0.4) is 0 Å². The number of hydrogen-bond acceptors (Lipinski definition) is 3. The molecule has 3 nitrogen and oxygen atoms in total. The summed E-state index contributed by atoms with van der Waals surface area (Å²) in [5.74, 6) is 0. The molecular formula is C11H15BrClN3. The maximum Gasteiger partial charge on any atom is 0.152 e. The van der Waals surface area contributed by atoms with Crippen LogP contribution in [0.1, 0.15) is 25.7 Å². The number of pyridine rings is 1. The fraction of sp³-hybridized carbons (Fsp3) is 0.545. The van der Waals surface area contributed by atoms with E-state index in [1.807, 2.05) is 6.07 Å². The Labute approximate surface area is 109 Å². The molecule has 0 radical (unpaired) electrons. The second kappa shape index (κ2) is 5.34. The van der Waals surface area contributed by atoms with Crippen LogP contribution >= 0.6 is 27.5 Å². The van der Waals surface area contributed by atoms with Gasteiger partial charge in [-0.25, -0.2) is 4.98 Å². The highest BCUT2D eigenvalue weighted by molar-refractivity contribution is 9.10. The maximum absolute atomic E-state index is 6.02. The van der Waals surface area contributed by atoms with E-state index in [2.05, 4.69) is 26.2 Å². The van der Waals surface area contributed by atoms with Crippen molar-refractivity contribution in [1.82, 2.24) is 4.98 Å². The average Bonchev–Trinajstić information content (AvgIpc) is 2.27. The maximum atomic E-state index is 6.02. The minimum Gasteiger partial charge on any atom is -0.380 e. The molecular weight excluding hydrogens is 289 g/mol. The van der Waals surface area contributed by atoms with Gasteiger partial charge in [-0.3, -0.25) is 0 Å². The molecule has 1 saturated carbocycles. The molecule has 88 valence electrons. The quantitative estimate of drug-likeness (QED) is 0.825. The molecule has 0 spiro atoms. The molecule has 1 fully saturated rings. The van der Waals surface area contributed by atoms with Crippen molar-refractivity contribution in [1.29, 1.82) is 0 Å². The molecule has 5 heteroatoms.